The number of carbonyl (C=O) groups excluding carboxylic acids is 1. The van der Waals surface area contributed by atoms with Crippen LogP contribution in [0.1, 0.15) is 117 Å². The van der Waals surface area contributed by atoms with E-state index >= 15 is 0 Å². The number of carbonyl (C=O) groups is 1. The molecule has 0 heterocycles. The topological polar surface area (TPSA) is 17.1 Å². The van der Waals surface area contributed by atoms with E-state index in [4.69, 9.17) is 0 Å². The molecule has 0 bridgehead atoms. The molecule has 3 aromatic carbocycles. The number of Topliss-reactive ketones (excluding diaryl/α,β-unsaturated/α-hetero) is 1. The second-order valence-corrected chi connectivity index (χ2v) is 12.1. The summed E-state index contributed by atoms with van der Waals surface area (Å²) in [6, 6.07) is 21.8. The van der Waals surface area contributed by atoms with Crippen molar-refractivity contribution < 1.29 is 4.79 Å². The molecule has 5 rings (SSSR count). The highest BCUT2D eigenvalue weighted by Gasteiger charge is 2.37. The summed E-state index contributed by atoms with van der Waals surface area (Å²) in [5, 5.41) is 0. The third-order valence-electron chi connectivity index (χ3n) is 8.49. The minimum atomic E-state index is 0.222. The molecule has 0 unspecified atom stereocenters. The SMILES string of the molecule is CC.Cc1cc2c(cc1Cc1ccc(C(=O)CCC3=Cc4ccccc4C3)cc1)C(C)(C)CCC2(C)C. The molecule has 0 atom stereocenters. The zero-order valence-corrected chi connectivity index (χ0v) is 24.0. The molecule has 0 fully saturated rings. The molecule has 0 amide bonds. The Morgan fingerprint density at radius 1 is 0.838 bits per heavy atom. The maximum absolute atomic E-state index is 12.9. The van der Waals surface area contributed by atoms with E-state index in [0.717, 1.165) is 24.8 Å². The van der Waals surface area contributed by atoms with E-state index in [1.54, 1.807) is 0 Å². The van der Waals surface area contributed by atoms with Gasteiger partial charge in [-0.15, -0.1) is 0 Å². The fourth-order valence-corrected chi connectivity index (χ4v) is 5.92. The van der Waals surface area contributed by atoms with E-state index < -0.39 is 0 Å². The molecule has 2 aliphatic carbocycles. The van der Waals surface area contributed by atoms with Gasteiger partial charge in [-0.2, -0.15) is 0 Å². The van der Waals surface area contributed by atoms with Gasteiger partial charge in [0.2, 0.25) is 0 Å². The van der Waals surface area contributed by atoms with Crippen LogP contribution in [0.3, 0.4) is 0 Å². The molecule has 0 radical (unpaired) electrons. The molecule has 1 nitrogen and oxygen atoms in total. The van der Waals surface area contributed by atoms with Gasteiger partial charge in [-0.05, 0) is 88.8 Å². The smallest absolute Gasteiger partial charge is 0.163 e. The summed E-state index contributed by atoms with van der Waals surface area (Å²) in [6.45, 7) is 15.8. The van der Waals surface area contributed by atoms with E-state index in [1.807, 2.05) is 26.0 Å². The lowest BCUT2D eigenvalue weighted by molar-refractivity contribution is 0.0982. The molecule has 194 valence electrons. The van der Waals surface area contributed by atoms with E-state index in [0.29, 0.717) is 6.42 Å². The van der Waals surface area contributed by atoms with E-state index in [1.165, 1.54) is 57.4 Å². The molecule has 2 aliphatic rings. The Hall–Kier alpha value is -2.93. The Balaban J connectivity index is 0.00000156. The average molecular weight is 493 g/mol. The van der Waals surface area contributed by atoms with Crippen LogP contribution in [0.5, 0.6) is 0 Å². The minimum Gasteiger partial charge on any atom is -0.294 e. The summed E-state index contributed by atoms with van der Waals surface area (Å²) in [5.41, 5.74) is 12.4. The highest BCUT2D eigenvalue weighted by atomic mass is 16.1. The van der Waals surface area contributed by atoms with Crippen molar-refractivity contribution in [2.24, 2.45) is 0 Å². The molecule has 37 heavy (non-hydrogen) atoms. The first-order valence-corrected chi connectivity index (χ1v) is 14.2. The summed E-state index contributed by atoms with van der Waals surface area (Å²) in [5.74, 6) is 0.238. The van der Waals surface area contributed by atoms with Crippen molar-refractivity contribution in [3.8, 4) is 0 Å². The van der Waals surface area contributed by atoms with Crippen molar-refractivity contribution in [2.75, 3.05) is 0 Å². The molecule has 0 saturated heterocycles. The summed E-state index contributed by atoms with van der Waals surface area (Å²) < 4.78 is 0. The van der Waals surface area contributed by atoms with Crippen LogP contribution in [0.15, 0.2) is 66.2 Å². The number of benzene rings is 3. The number of allylic oxidation sites excluding steroid dienone is 1. The Morgan fingerprint density at radius 3 is 2.11 bits per heavy atom. The zero-order valence-electron chi connectivity index (χ0n) is 24.0. The first kappa shape index (κ1) is 27.1. The van der Waals surface area contributed by atoms with Crippen molar-refractivity contribution in [3.63, 3.8) is 0 Å². The number of hydrogen-bond donors (Lipinski definition) is 0. The Bertz CT molecular complexity index is 1300. The highest BCUT2D eigenvalue weighted by Crippen LogP contribution is 2.46. The van der Waals surface area contributed by atoms with Gasteiger partial charge >= 0.3 is 0 Å². The van der Waals surface area contributed by atoms with Gasteiger partial charge in [0.15, 0.2) is 5.78 Å². The van der Waals surface area contributed by atoms with Gasteiger partial charge < -0.3 is 0 Å². The summed E-state index contributed by atoms with van der Waals surface area (Å²) in [6.07, 6.45) is 8.05. The quantitative estimate of drug-likeness (QED) is 0.313. The van der Waals surface area contributed by atoms with Gasteiger partial charge in [-0.3, -0.25) is 4.79 Å². The largest absolute Gasteiger partial charge is 0.294 e. The molecule has 0 N–H and O–H groups in total. The van der Waals surface area contributed by atoms with Gasteiger partial charge in [0, 0.05) is 12.0 Å². The Kier molecular flexibility index (Phi) is 7.93. The molecular formula is C36H44O. The van der Waals surface area contributed by atoms with Crippen LogP contribution in [0, 0.1) is 6.92 Å². The van der Waals surface area contributed by atoms with Crippen molar-refractivity contribution in [1.29, 1.82) is 0 Å². The van der Waals surface area contributed by atoms with Gasteiger partial charge in [-0.25, -0.2) is 0 Å². The lowest BCUT2D eigenvalue weighted by Crippen LogP contribution is -2.34. The maximum Gasteiger partial charge on any atom is 0.163 e. The van der Waals surface area contributed by atoms with Crippen molar-refractivity contribution in [1.82, 2.24) is 0 Å². The number of aryl methyl sites for hydroxylation is 1. The number of fused-ring (bicyclic) bond motifs is 2. The minimum absolute atomic E-state index is 0.222. The van der Waals surface area contributed by atoms with E-state index in [-0.39, 0.29) is 16.6 Å². The second-order valence-electron chi connectivity index (χ2n) is 12.1. The van der Waals surface area contributed by atoms with Crippen molar-refractivity contribution in [2.45, 2.75) is 97.8 Å². The van der Waals surface area contributed by atoms with Gasteiger partial charge in [0.05, 0.1) is 0 Å². The predicted molar refractivity (Wildman–Crippen MR) is 159 cm³/mol. The third-order valence-corrected chi connectivity index (χ3v) is 8.49. The molecule has 3 aromatic rings. The van der Waals surface area contributed by atoms with Gasteiger partial charge in [-0.1, -0.05) is 114 Å². The zero-order chi connectivity index (χ0) is 26.8. The number of hydrogen-bond acceptors (Lipinski definition) is 1. The maximum atomic E-state index is 12.9. The monoisotopic (exact) mass is 492 g/mol. The first-order chi connectivity index (χ1) is 17.6. The fourth-order valence-electron chi connectivity index (χ4n) is 5.92. The normalized spacial score (nSPS) is 16.7. The molecule has 0 spiro atoms. The molecular weight excluding hydrogens is 448 g/mol. The van der Waals surface area contributed by atoms with Crippen LogP contribution in [0.4, 0.5) is 0 Å². The second kappa shape index (κ2) is 10.8. The summed E-state index contributed by atoms with van der Waals surface area (Å²) in [4.78, 5) is 12.9. The Morgan fingerprint density at radius 2 is 1.46 bits per heavy atom. The van der Waals surface area contributed by atoms with E-state index in [2.05, 4.69) is 89.2 Å². The van der Waals surface area contributed by atoms with Gasteiger partial charge in [0.25, 0.3) is 0 Å². The van der Waals surface area contributed by atoms with Crippen molar-refractivity contribution >= 4 is 11.9 Å². The average Bonchev–Trinajstić information content (AvgIpc) is 3.31. The van der Waals surface area contributed by atoms with Crippen LogP contribution in [0.25, 0.3) is 6.08 Å². The first-order valence-electron chi connectivity index (χ1n) is 14.2. The third kappa shape index (κ3) is 5.82. The standard InChI is InChI=1S/C34H38O.C2H6/c1-23-18-30-31(34(4,5)17-16-33(30,2)3)22-29(23)19-24-10-13-26(14-11-24)32(35)15-12-25-20-27-8-6-7-9-28(27)21-25;1-2/h6-11,13-14,18,20,22H,12,15-17,19,21H2,1-5H3;1-2H3. The molecule has 0 aromatic heterocycles. The predicted octanol–water partition coefficient (Wildman–Crippen LogP) is 9.56. The van der Waals surface area contributed by atoms with Crippen LogP contribution >= 0.6 is 0 Å². The highest BCUT2D eigenvalue weighted by molar-refractivity contribution is 5.96. The van der Waals surface area contributed by atoms with Crippen LogP contribution < -0.4 is 0 Å². The lowest BCUT2D eigenvalue weighted by atomic mass is 9.62. The van der Waals surface area contributed by atoms with E-state index in [9.17, 15) is 4.79 Å². The molecule has 0 saturated carbocycles. The Labute approximate surface area is 225 Å². The fraction of sp³-hybridized carbons (Fsp3) is 0.417. The number of rotatable bonds is 6. The molecule has 0 aliphatic heterocycles. The number of ketones is 1. The summed E-state index contributed by atoms with van der Waals surface area (Å²) >= 11 is 0. The van der Waals surface area contributed by atoms with Crippen LogP contribution in [0.2, 0.25) is 0 Å². The van der Waals surface area contributed by atoms with Gasteiger partial charge in [0.1, 0.15) is 0 Å². The molecule has 1 heteroatoms. The van der Waals surface area contributed by atoms with Crippen LogP contribution in [-0.4, -0.2) is 5.78 Å². The lowest BCUT2D eigenvalue weighted by Gasteiger charge is -2.42. The van der Waals surface area contributed by atoms with Crippen LogP contribution in [-0.2, 0) is 23.7 Å². The summed E-state index contributed by atoms with van der Waals surface area (Å²) in [7, 11) is 0. The van der Waals surface area contributed by atoms with Crippen molar-refractivity contribution in [3.05, 3.63) is 111 Å².